The van der Waals surface area contributed by atoms with Crippen LogP contribution in [0.15, 0.2) is 12.7 Å². The molecule has 4 heteroatoms. The molecule has 1 rings (SSSR count). The smallest absolute Gasteiger partial charge is 0.0900 e. The largest absolute Gasteiger partial charge is 0.380 e. The Hall–Kier alpha value is -0.710. The highest BCUT2D eigenvalue weighted by atomic mass is 32.1. The molecule has 0 spiro atoms. The first-order chi connectivity index (χ1) is 8.15. The van der Waals surface area contributed by atoms with Gasteiger partial charge in [-0.2, -0.15) is 0 Å². The molecule has 17 heavy (non-hydrogen) atoms. The van der Waals surface area contributed by atoms with Gasteiger partial charge in [-0.25, -0.2) is 4.98 Å². The molecule has 0 aliphatic heterocycles. The van der Waals surface area contributed by atoms with E-state index in [9.17, 15) is 0 Å². The van der Waals surface area contributed by atoms with Crippen molar-refractivity contribution in [3.8, 4) is 0 Å². The quantitative estimate of drug-likeness (QED) is 0.572. The van der Waals surface area contributed by atoms with Crippen molar-refractivity contribution in [2.45, 2.75) is 33.2 Å². The molecular weight excluding hydrogens is 232 g/mol. The number of rotatable bonds is 8. The van der Waals surface area contributed by atoms with Gasteiger partial charge in [0.1, 0.15) is 0 Å². The van der Waals surface area contributed by atoms with E-state index in [0.29, 0.717) is 6.04 Å². The van der Waals surface area contributed by atoms with Crippen molar-refractivity contribution in [1.29, 1.82) is 0 Å². The average molecular weight is 254 g/mol. The van der Waals surface area contributed by atoms with Crippen molar-refractivity contribution in [2.75, 3.05) is 19.8 Å². The van der Waals surface area contributed by atoms with Gasteiger partial charge in [0.05, 0.1) is 23.9 Å². The molecule has 1 aromatic rings. The van der Waals surface area contributed by atoms with Crippen LogP contribution in [0.2, 0.25) is 0 Å². The van der Waals surface area contributed by atoms with Crippen molar-refractivity contribution in [3.05, 3.63) is 28.2 Å². The molecule has 0 aliphatic rings. The van der Waals surface area contributed by atoms with E-state index < -0.39 is 0 Å². The summed E-state index contributed by atoms with van der Waals surface area (Å²) in [7, 11) is 0. The first-order valence-corrected chi connectivity index (χ1v) is 6.82. The lowest BCUT2D eigenvalue weighted by atomic mass is 10.2. The summed E-state index contributed by atoms with van der Waals surface area (Å²) >= 11 is 1.75. The minimum Gasteiger partial charge on any atom is -0.380 e. The molecule has 1 atom stereocenters. The Morgan fingerprint density at radius 1 is 1.47 bits per heavy atom. The van der Waals surface area contributed by atoms with Crippen molar-refractivity contribution >= 4 is 11.3 Å². The summed E-state index contributed by atoms with van der Waals surface area (Å²) in [5, 5.41) is 4.56. The summed E-state index contributed by atoms with van der Waals surface area (Å²) < 4.78 is 5.44. The summed E-state index contributed by atoms with van der Waals surface area (Å²) in [6, 6.07) is 0.294. The van der Waals surface area contributed by atoms with Crippen LogP contribution in [0.5, 0.6) is 0 Å². The van der Waals surface area contributed by atoms with Crippen molar-refractivity contribution in [1.82, 2.24) is 10.3 Å². The van der Waals surface area contributed by atoms with Gasteiger partial charge in [0.15, 0.2) is 0 Å². The van der Waals surface area contributed by atoms with Gasteiger partial charge < -0.3 is 10.1 Å². The van der Waals surface area contributed by atoms with Crippen molar-refractivity contribution in [2.24, 2.45) is 0 Å². The standard InChI is InChI=1S/C13H22N2OS/c1-5-6-8-16-9-7-14-10(2)13-11(3)17-12(4)15-13/h5,10,14H,1,6-9H2,2-4H3. The fourth-order valence-electron chi connectivity index (χ4n) is 1.66. The van der Waals surface area contributed by atoms with E-state index in [0.717, 1.165) is 31.2 Å². The normalized spacial score (nSPS) is 12.6. The Morgan fingerprint density at radius 2 is 2.24 bits per heavy atom. The van der Waals surface area contributed by atoms with E-state index >= 15 is 0 Å². The van der Waals surface area contributed by atoms with Crippen molar-refractivity contribution < 1.29 is 4.74 Å². The molecule has 0 radical (unpaired) electrons. The molecule has 0 aromatic carbocycles. The number of aryl methyl sites for hydroxylation is 2. The van der Waals surface area contributed by atoms with Crippen LogP contribution in [0, 0.1) is 13.8 Å². The van der Waals surface area contributed by atoms with Gasteiger partial charge in [0, 0.05) is 17.5 Å². The minimum absolute atomic E-state index is 0.294. The number of hydrogen-bond donors (Lipinski definition) is 1. The van der Waals surface area contributed by atoms with Crippen LogP contribution in [0.4, 0.5) is 0 Å². The monoisotopic (exact) mass is 254 g/mol. The van der Waals surface area contributed by atoms with E-state index in [2.05, 4.69) is 30.7 Å². The molecular formula is C13H22N2OS. The topological polar surface area (TPSA) is 34.1 Å². The SMILES string of the molecule is C=CCCOCCNC(C)c1nc(C)sc1C. The number of thiazole rings is 1. The number of nitrogens with one attached hydrogen (secondary N) is 1. The third-order valence-corrected chi connectivity index (χ3v) is 3.41. The molecule has 0 bridgehead atoms. The highest BCUT2D eigenvalue weighted by Crippen LogP contribution is 2.21. The lowest BCUT2D eigenvalue weighted by molar-refractivity contribution is 0.138. The number of ether oxygens (including phenoxy) is 1. The molecule has 0 amide bonds. The Morgan fingerprint density at radius 3 is 2.82 bits per heavy atom. The van der Waals surface area contributed by atoms with Gasteiger partial charge in [0.2, 0.25) is 0 Å². The second kappa shape index (κ2) is 7.58. The first kappa shape index (κ1) is 14.4. The molecule has 3 nitrogen and oxygen atoms in total. The Kier molecular flexibility index (Phi) is 6.40. The Labute approximate surface area is 108 Å². The Balaban J connectivity index is 2.23. The molecule has 0 aliphatic carbocycles. The molecule has 1 N–H and O–H groups in total. The average Bonchev–Trinajstić information content (AvgIpc) is 2.62. The maximum Gasteiger partial charge on any atom is 0.0900 e. The van der Waals surface area contributed by atoms with Gasteiger partial charge in [0.25, 0.3) is 0 Å². The summed E-state index contributed by atoms with van der Waals surface area (Å²) in [6.07, 6.45) is 2.79. The summed E-state index contributed by atoms with van der Waals surface area (Å²) in [5.41, 5.74) is 1.17. The van der Waals surface area contributed by atoms with Gasteiger partial charge in [-0.15, -0.1) is 17.9 Å². The summed E-state index contributed by atoms with van der Waals surface area (Å²) in [6.45, 7) is 12.3. The second-order valence-electron chi connectivity index (χ2n) is 4.04. The van der Waals surface area contributed by atoms with E-state index in [-0.39, 0.29) is 0 Å². The van der Waals surface area contributed by atoms with Crippen LogP contribution in [-0.4, -0.2) is 24.7 Å². The molecule has 1 unspecified atom stereocenters. The maximum atomic E-state index is 5.44. The molecule has 96 valence electrons. The lowest BCUT2D eigenvalue weighted by Crippen LogP contribution is -2.24. The van der Waals surface area contributed by atoms with E-state index in [1.807, 2.05) is 13.0 Å². The third-order valence-electron chi connectivity index (χ3n) is 2.51. The minimum atomic E-state index is 0.294. The van der Waals surface area contributed by atoms with Gasteiger partial charge in [-0.05, 0) is 27.2 Å². The highest BCUT2D eigenvalue weighted by Gasteiger charge is 2.11. The van der Waals surface area contributed by atoms with Crippen LogP contribution >= 0.6 is 11.3 Å². The zero-order chi connectivity index (χ0) is 12.7. The number of hydrogen-bond acceptors (Lipinski definition) is 4. The number of nitrogens with zero attached hydrogens (tertiary/aromatic N) is 1. The molecule has 0 saturated carbocycles. The van der Waals surface area contributed by atoms with E-state index in [1.54, 1.807) is 11.3 Å². The fourth-order valence-corrected chi connectivity index (χ4v) is 2.57. The molecule has 0 saturated heterocycles. The van der Waals surface area contributed by atoms with Crippen LogP contribution in [0.25, 0.3) is 0 Å². The molecule has 1 heterocycles. The van der Waals surface area contributed by atoms with Crippen LogP contribution in [-0.2, 0) is 4.74 Å². The predicted octanol–water partition coefficient (Wildman–Crippen LogP) is 3.00. The van der Waals surface area contributed by atoms with Crippen molar-refractivity contribution in [3.63, 3.8) is 0 Å². The maximum absolute atomic E-state index is 5.44. The van der Waals surface area contributed by atoms with Gasteiger partial charge in [-0.3, -0.25) is 0 Å². The van der Waals surface area contributed by atoms with Crippen LogP contribution in [0.1, 0.15) is 35.0 Å². The van der Waals surface area contributed by atoms with Crippen LogP contribution < -0.4 is 5.32 Å². The van der Waals surface area contributed by atoms with Crippen LogP contribution in [0.3, 0.4) is 0 Å². The fraction of sp³-hybridized carbons (Fsp3) is 0.615. The molecule has 0 fully saturated rings. The van der Waals surface area contributed by atoms with E-state index in [1.165, 1.54) is 10.6 Å². The summed E-state index contributed by atoms with van der Waals surface area (Å²) in [4.78, 5) is 5.84. The van der Waals surface area contributed by atoms with Gasteiger partial charge >= 0.3 is 0 Å². The zero-order valence-electron chi connectivity index (χ0n) is 11.0. The summed E-state index contributed by atoms with van der Waals surface area (Å²) in [5.74, 6) is 0. The Bertz CT molecular complexity index is 349. The van der Waals surface area contributed by atoms with E-state index in [4.69, 9.17) is 4.74 Å². The number of aromatic nitrogens is 1. The first-order valence-electron chi connectivity index (χ1n) is 6.01. The molecule has 1 aromatic heterocycles. The van der Waals surface area contributed by atoms with Gasteiger partial charge in [-0.1, -0.05) is 6.08 Å². The lowest BCUT2D eigenvalue weighted by Gasteiger charge is -2.12. The highest BCUT2D eigenvalue weighted by molar-refractivity contribution is 7.11. The third kappa shape index (κ3) is 4.98. The zero-order valence-corrected chi connectivity index (χ0v) is 11.8. The predicted molar refractivity (Wildman–Crippen MR) is 73.6 cm³/mol. The second-order valence-corrected chi connectivity index (χ2v) is 5.45.